The molecule has 0 heterocycles. The van der Waals surface area contributed by atoms with Crippen LogP contribution in [0.2, 0.25) is 0 Å². The average molecular weight is 230 g/mol. The highest BCUT2D eigenvalue weighted by atomic mass is 16.5. The number of Topliss-reactive ketones (excluding diaryl/α,β-unsaturated/α-hetero) is 1. The maximum Gasteiger partial charge on any atom is 0.306 e. The predicted octanol–water partition coefficient (Wildman–Crippen LogP) is 2.11. The van der Waals surface area contributed by atoms with Crippen molar-refractivity contribution < 1.29 is 19.1 Å². The lowest BCUT2D eigenvalue weighted by atomic mass is 10.2. The normalized spacial score (nSPS) is 10.1. The fourth-order valence-corrected chi connectivity index (χ4v) is 1.24. The monoisotopic (exact) mass is 230 g/mol. The van der Waals surface area contributed by atoms with Gasteiger partial charge in [-0.2, -0.15) is 0 Å². The van der Waals surface area contributed by atoms with Crippen LogP contribution >= 0.6 is 0 Å². The number of methoxy groups -OCH3 is 1. The molecular weight excluding hydrogens is 208 g/mol. The van der Waals surface area contributed by atoms with Crippen LogP contribution in [0.15, 0.2) is 0 Å². The minimum atomic E-state index is -0.271. The van der Waals surface area contributed by atoms with E-state index in [0.717, 1.165) is 32.3 Å². The number of hydrogen-bond donors (Lipinski definition) is 0. The van der Waals surface area contributed by atoms with E-state index in [1.165, 1.54) is 6.92 Å². The molecule has 0 saturated carbocycles. The Kier molecular flexibility index (Phi) is 10.0. The summed E-state index contributed by atoms with van der Waals surface area (Å²) in [7, 11) is 1.69. The van der Waals surface area contributed by atoms with E-state index in [1.807, 2.05) is 0 Å². The molecule has 0 atom stereocenters. The molecule has 0 aromatic carbocycles. The standard InChI is InChI=1S/C12H22O4/c1-11(13)7-8-12(14)16-10-6-4-3-5-9-15-2/h3-10H2,1-2H3. The summed E-state index contributed by atoms with van der Waals surface area (Å²) in [5, 5.41) is 0. The highest BCUT2D eigenvalue weighted by Gasteiger charge is 2.04. The maximum absolute atomic E-state index is 11.1. The van der Waals surface area contributed by atoms with E-state index in [1.54, 1.807) is 7.11 Å². The van der Waals surface area contributed by atoms with Crippen molar-refractivity contribution in [3.8, 4) is 0 Å². The largest absolute Gasteiger partial charge is 0.466 e. The number of carbonyl (C=O) groups excluding carboxylic acids is 2. The second-order valence-electron chi connectivity index (χ2n) is 3.83. The van der Waals surface area contributed by atoms with Crippen LogP contribution in [0.1, 0.15) is 45.4 Å². The molecule has 94 valence electrons. The molecule has 0 radical (unpaired) electrons. The zero-order valence-corrected chi connectivity index (χ0v) is 10.3. The van der Waals surface area contributed by atoms with Crippen LogP contribution in [0, 0.1) is 0 Å². The van der Waals surface area contributed by atoms with Gasteiger partial charge < -0.3 is 14.3 Å². The summed E-state index contributed by atoms with van der Waals surface area (Å²) in [5.41, 5.74) is 0. The van der Waals surface area contributed by atoms with E-state index < -0.39 is 0 Å². The van der Waals surface area contributed by atoms with E-state index in [2.05, 4.69) is 0 Å². The molecule has 0 aliphatic carbocycles. The third kappa shape index (κ3) is 11.2. The van der Waals surface area contributed by atoms with Crippen LogP contribution in [-0.4, -0.2) is 32.1 Å². The molecule has 0 N–H and O–H groups in total. The van der Waals surface area contributed by atoms with Crippen molar-refractivity contribution in [3.63, 3.8) is 0 Å². The van der Waals surface area contributed by atoms with E-state index in [4.69, 9.17) is 9.47 Å². The van der Waals surface area contributed by atoms with Crippen LogP contribution < -0.4 is 0 Å². The molecule has 0 rings (SSSR count). The van der Waals surface area contributed by atoms with Crippen molar-refractivity contribution in [2.45, 2.75) is 45.4 Å². The Morgan fingerprint density at radius 1 is 0.938 bits per heavy atom. The summed E-state index contributed by atoms with van der Waals surface area (Å²) in [6.07, 6.45) is 4.57. The number of esters is 1. The zero-order chi connectivity index (χ0) is 12.2. The van der Waals surface area contributed by atoms with E-state index in [0.29, 0.717) is 6.61 Å². The number of rotatable bonds is 10. The highest BCUT2D eigenvalue weighted by molar-refractivity contribution is 5.80. The number of ketones is 1. The fraction of sp³-hybridized carbons (Fsp3) is 0.833. The average Bonchev–Trinajstić information content (AvgIpc) is 2.25. The smallest absolute Gasteiger partial charge is 0.306 e. The third-order valence-corrected chi connectivity index (χ3v) is 2.19. The van der Waals surface area contributed by atoms with Crippen molar-refractivity contribution in [3.05, 3.63) is 0 Å². The molecular formula is C12H22O4. The molecule has 0 unspecified atom stereocenters. The second kappa shape index (κ2) is 10.6. The first-order valence-corrected chi connectivity index (χ1v) is 5.81. The summed E-state index contributed by atoms with van der Waals surface area (Å²) in [6.45, 7) is 2.73. The van der Waals surface area contributed by atoms with Crippen LogP contribution in [-0.2, 0) is 19.1 Å². The molecule has 4 nitrogen and oxygen atoms in total. The van der Waals surface area contributed by atoms with E-state index >= 15 is 0 Å². The molecule has 0 fully saturated rings. The Balaban J connectivity index is 3.18. The van der Waals surface area contributed by atoms with Gasteiger partial charge >= 0.3 is 5.97 Å². The topological polar surface area (TPSA) is 52.6 Å². The van der Waals surface area contributed by atoms with Gasteiger partial charge in [-0.25, -0.2) is 0 Å². The summed E-state index contributed by atoms with van der Waals surface area (Å²) < 4.78 is 9.90. The Labute approximate surface area is 97.3 Å². The number of unbranched alkanes of at least 4 members (excludes halogenated alkanes) is 3. The summed E-state index contributed by atoms with van der Waals surface area (Å²) in [4.78, 5) is 21.7. The van der Waals surface area contributed by atoms with Gasteiger partial charge in [-0.15, -0.1) is 0 Å². The lowest BCUT2D eigenvalue weighted by Gasteiger charge is -2.04. The quantitative estimate of drug-likeness (QED) is 0.426. The van der Waals surface area contributed by atoms with E-state index in [9.17, 15) is 9.59 Å². The number of hydrogen-bond acceptors (Lipinski definition) is 4. The van der Waals surface area contributed by atoms with Crippen LogP contribution in [0.4, 0.5) is 0 Å². The second-order valence-corrected chi connectivity index (χ2v) is 3.83. The van der Waals surface area contributed by atoms with Crippen molar-refractivity contribution in [2.24, 2.45) is 0 Å². The van der Waals surface area contributed by atoms with Gasteiger partial charge in [-0.1, -0.05) is 6.42 Å². The number of carbonyl (C=O) groups is 2. The van der Waals surface area contributed by atoms with Gasteiger partial charge in [-0.3, -0.25) is 4.79 Å². The van der Waals surface area contributed by atoms with Gasteiger partial charge in [0.15, 0.2) is 0 Å². The van der Waals surface area contributed by atoms with E-state index in [-0.39, 0.29) is 24.6 Å². The van der Waals surface area contributed by atoms with Gasteiger partial charge in [0.1, 0.15) is 5.78 Å². The van der Waals surface area contributed by atoms with Crippen molar-refractivity contribution in [1.82, 2.24) is 0 Å². The molecule has 0 aliphatic rings. The first-order valence-electron chi connectivity index (χ1n) is 5.81. The van der Waals surface area contributed by atoms with Gasteiger partial charge in [0.2, 0.25) is 0 Å². The molecule has 0 aromatic rings. The Hall–Kier alpha value is -0.900. The third-order valence-electron chi connectivity index (χ3n) is 2.19. The first kappa shape index (κ1) is 15.1. The maximum atomic E-state index is 11.1. The SMILES string of the molecule is COCCCCCCOC(=O)CCC(C)=O. The molecule has 4 heteroatoms. The molecule has 0 aromatic heterocycles. The van der Waals surface area contributed by atoms with Gasteiger partial charge in [0.05, 0.1) is 13.0 Å². The van der Waals surface area contributed by atoms with Crippen LogP contribution in [0.5, 0.6) is 0 Å². The van der Waals surface area contributed by atoms with Crippen LogP contribution in [0.3, 0.4) is 0 Å². The van der Waals surface area contributed by atoms with Gasteiger partial charge in [0, 0.05) is 20.1 Å². The summed E-state index contributed by atoms with van der Waals surface area (Å²) in [6, 6.07) is 0. The lowest BCUT2D eigenvalue weighted by molar-refractivity contribution is -0.144. The minimum absolute atomic E-state index is 0.0246. The summed E-state index contributed by atoms with van der Waals surface area (Å²) >= 11 is 0. The molecule has 0 bridgehead atoms. The predicted molar refractivity (Wildman–Crippen MR) is 61.2 cm³/mol. The minimum Gasteiger partial charge on any atom is -0.466 e. The van der Waals surface area contributed by atoms with Crippen LogP contribution in [0.25, 0.3) is 0 Å². The lowest BCUT2D eigenvalue weighted by Crippen LogP contribution is -2.07. The Bertz CT molecular complexity index is 201. The van der Waals surface area contributed by atoms with Gasteiger partial charge in [-0.05, 0) is 26.2 Å². The fourth-order valence-electron chi connectivity index (χ4n) is 1.24. The van der Waals surface area contributed by atoms with Crippen molar-refractivity contribution >= 4 is 11.8 Å². The molecule has 0 saturated heterocycles. The molecule has 0 aliphatic heterocycles. The summed E-state index contributed by atoms with van der Waals surface area (Å²) in [5.74, 6) is -0.247. The molecule has 0 spiro atoms. The molecule has 16 heavy (non-hydrogen) atoms. The highest BCUT2D eigenvalue weighted by Crippen LogP contribution is 2.01. The Morgan fingerprint density at radius 2 is 1.56 bits per heavy atom. The van der Waals surface area contributed by atoms with Crippen molar-refractivity contribution in [2.75, 3.05) is 20.3 Å². The van der Waals surface area contributed by atoms with Gasteiger partial charge in [0.25, 0.3) is 0 Å². The van der Waals surface area contributed by atoms with Crippen molar-refractivity contribution in [1.29, 1.82) is 0 Å². The number of ether oxygens (including phenoxy) is 2. The Morgan fingerprint density at radius 3 is 2.12 bits per heavy atom. The first-order chi connectivity index (χ1) is 7.66. The zero-order valence-electron chi connectivity index (χ0n) is 10.3. The molecule has 0 amide bonds.